The van der Waals surface area contributed by atoms with Gasteiger partial charge in [-0.1, -0.05) is 0 Å². The van der Waals surface area contributed by atoms with Crippen LogP contribution >= 0.6 is 0 Å². The van der Waals surface area contributed by atoms with Crippen molar-refractivity contribution in [1.82, 2.24) is 35.5 Å². The topological polar surface area (TPSA) is 87.5 Å². The molecule has 0 bridgehead atoms. The van der Waals surface area contributed by atoms with Gasteiger partial charge in [0.05, 0.1) is 23.1 Å². The van der Waals surface area contributed by atoms with Gasteiger partial charge in [0.2, 0.25) is 0 Å². The molecule has 1 aliphatic rings. The van der Waals surface area contributed by atoms with Gasteiger partial charge in [0.1, 0.15) is 0 Å². The average molecular weight is 403 g/mol. The number of nitrogens with zero attached hydrogens (tertiary/aromatic N) is 6. The van der Waals surface area contributed by atoms with Crippen LogP contribution in [0.1, 0.15) is 27.2 Å². The molecule has 154 valence electrons. The maximum absolute atomic E-state index is 4.53. The van der Waals surface area contributed by atoms with Crippen molar-refractivity contribution in [1.29, 1.82) is 0 Å². The maximum Gasteiger partial charge on any atom is 0.151 e. The second-order valence-electron chi connectivity index (χ2n) is 8.84. The van der Waals surface area contributed by atoms with E-state index in [1.54, 1.807) is 6.20 Å². The molecule has 1 unspecified atom stereocenters. The molecule has 1 saturated heterocycles. The standard InChI is InChI=1S/C22H26N8/c1-22(2,3)25-15-9-12-29(14-15)20-8-6-18(26-27-20)16-5-7-19(30-11-4-10-24-30)17-13-23-28-21(16)17/h4-8,10-11,13,15,25H,9,12,14H2,1-3H3,(H,23,28). The van der Waals surface area contributed by atoms with E-state index in [4.69, 9.17) is 0 Å². The summed E-state index contributed by atoms with van der Waals surface area (Å²) in [6, 6.07) is 10.6. The second kappa shape index (κ2) is 7.21. The van der Waals surface area contributed by atoms with Crippen LogP contribution in [0.15, 0.2) is 48.9 Å². The summed E-state index contributed by atoms with van der Waals surface area (Å²) >= 11 is 0. The Kier molecular flexibility index (Phi) is 4.51. The highest BCUT2D eigenvalue weighted by Gasteiger charge is 2.26. The van der Waals surface area contributed by atoms with Crippen molar-refractivity contribution in [2.45, 2.75) is 38.8 Å². The third-order valence-corrected chi connectivity index (χ3v) is 5.42. The summed E-state index contributed by atoms with van der Waals surface area (Å²) in [5, 5.41) is 25.4. The molecular weight excluding hydrogens is 376 g/mol. The number of aromatic nitrogens is 6. The summed E-state index contributed by atoms with van der Waals surface area (Å²) in [6.45, 7) is 8.56. The first kappa shape index (κ1) is 18.7. The van der Waals surface area contributed by atoms with Crippen LogP contribution in [0, 0.1) is 0 Å². The van der Waals surface area contributed by atoms with E-state index < -0.39 is 0 Å². The Morgan fingerprint density at radius 3 is 2.77 bits per heavy atom. The number of aromatic amines is 1. The van der Waals surface area contributed by atoms with Gasteiger partial charge < -0.3 is 10.2 Å². The lowest BCUT2D eigenvalue weighted by atomic mass is 10.1. The quantitative estimate of drug-likeness (QED) is 0.545. The van der Waals surface area contributed by atoms with E-state index in [2.05, 4.69) is 62.5 Å². The van der Waals surface area contributed by atoms with Gasteiger partial charge in [0, 0.05) is 48.0 Å². The molecule has 2 N–H and O–H groups in total. The number of hydrogen-bond acceptors (Lipinski definition) is 6. The van der Waals surface area contributed by atoms with Gasteiger partial charge in [-0.15, -0.1) is 10.2 Å². The SMILES string of the molecule is CC(C)(C)NC1CCN(c2ccc(-c3ccc(-n4cccn4)c4cn[nH]c34)nn2)C1. The smallest absolute Gasteiger partial charge is 0.151 e. The molecule has 8 nitrogen and oxygen atoms in total. The lowest BCUT2D eigenvalue weighted by Gasteiger charge is -2.26. The molecule has 8 heteroatoms. The fraction of sp³-hybridized carbons (Fsp3) is 0.364. The normalized spacial score (nSPS) is 17.2. The fourth-order valence-corrected chi connectivity index (χ4v) is 4.18. The minimum Gasteiger partial charge on any atom is -0.354 e. The predicted molar refractivity (Wildman–Crippen MR) is 118 cm³/mol. The highest BCUT2D eigenvalue weighted by atomic mass is 15.3. The molecule has 0 aliphatic carbocycles. The van der Waals surface area contributed by atoms with Crippen molar-refractivity contribution < 1.29 is 0 Å². The summed E-state index contributed by atoms with van der Waals surface area (Å²) in [4.78, 5) is 2.30. The molecule has 1 aliphatic heterocycles. The van der Waals surface area contributed by atoms with Crippen LogP contribution in [0.2, 0.25) is 0 Å². The zero-order chi connectivity index (χ0) is 20.7. The van der Waals surface area contributed by atoms with E-state index in [1.807, 2.05) is 41.3 Å². The third-order valence-electron chi connectivity index (χ3n) is 5.42. The lowest BCUT2D eigenvalue weighted by molar-refractivity contribution is 0.373. The zero-order valence-corrected chi connectivity index (χ0v) is 17.5. The molecule has 4 aromatic rings. The first-order valence-corrected chi connectivity index (χ1v) is 10.3. The van der Waals surface area contributed by atoms with E-state index in [0.717, 1.165) is 53.2 Å². The molecule has 30 heavy (non-hydrogen) atoms. The summed E-state index contributed by atoms with van der Waals surface area (Å²) < 4.78 is 1.84. The van der Waals surface area contributed by atoms with Crippen LogP contribution in [0.3, 0.4) is 0 Å². The van der Waals surface area contributed by atoms with Crippen LogP contribution in [0.25, 0.3) is 27.8 Å². The van der Waals surface area contributed by atoms with E-state index in [0.29, 0.717) is 6.04 Å². The summed E-state index contributed by atoms with van der Waals surface area (Å²) in [5.41, 5.74) is 3.83. The molecule has 5 rings (SSSR count). The van der Waals surface area contributed by atoms with Crippen molar-refractivity contribution >= 4 is 16.7 Å². The van der Waals surface area contributed by atoms with Crippen LogP contribution in [-0.4, -0.2) is 54.8 Å². The van der Waals surface area contributed by atoms with Crippen LogP contribution in [0.4, 0.5) is 5.82 Å². The maximum atomic E-state index is 4.53. The molecule has 0 spiro atoms. The Morgan fingerprint density at radius 2 is 2.03 bits per heavy atom. The van der Waals surface area contributed by atoms with Crippen LogP contribution in [-0.2, 0) is 0 Å². The summed E-state index contributed by atoms with van der Waals surface area (Å²) in [7, 11) is 0. The van der Waals surface area contributed by atoms with Gasteiger partial charge in [-0.3, -0.25) is 5.10 Å². The first-order valence-electron chi connectivity index (χ1n) is 10.3. The fourth-order valence-electron chi connectivity index (χ4n) is 4.18. The predicted octanol–water partition coefficient (Wildman–Crippen LogP) is 3.17. The molecule has 1 atom stereocenters. The Hall–Kier alpha value is -3.26. The Balaban J connectivity index is 1.40. The van der Waals surface area contributed by atoms with Gasteiger partial charge in [-0.05, 0) is 57.5 Å². The van der Waals surface area contributed by atoms with Crippen LogP contribution in [0.5, 0.6) is 0 Å². The second-order valence-corrected chi connectivity index (χ2v) is 8.84. The molecule has 0 saturated carbocycles. The number of fused-ring (bicyclic) bond motifs is 1. The number of anilines is 1. The Morgan fingerprint density at radius 1 is 1.13 bits per heavy atom. The monoisotopic (exact) mass is 402 g/mol. The highest BCUT2D eigenvalue weighted by Crippen LogP contribution is 2.30. The van der Waals surface area contributed by atoms with Gasteiger partial charge in [0.25, 0.3) is 0 Å². The number of H-pyrrole nitrogens is 1. The van der Waals surface area contributed by atoms with Gasteiger partial charge in [0.15, 0.2) is 5.82 Å². The minimum atomic E-state index is 0.119. The molecule has 3 aromatic heterocycles. The molecular formula is C22H26N8. The molecule has 1 aromatic carbocycles. The van der Waals surface area contributed by atoms with Crippen molar-refractivity contribution in [3.63, 3.8) is 0 Å². The molecule has 0 radical (unpaired) electrons. The minimum absolute atomic E-state index is 0.119. The largest absolute Gasteiger partial charge is 0.354 e. The zero-order valence-electron chi connectivity index (χ0n) is 17.5. The lowest BCUT2D eigenvalue weighted by Crippen LogP contribution is -2.45. The number of rotatable bonds is 4. The van der Waals surface area contributed by atoms with Crippen molar-refractivity contribution in [3.05, 3.63) is 48.9 Å². The van der Waals surface area contributed by atoms with Crippen molar-refractivity contribution in [2.24, 2.45) is 0 Å². The van der Waals surface area contributed by atoms with Crippen molar-refractivity contribution in [2.75, 3.05) is 18.0 Å². The molecule has 4 heterocycles. The van der Waals surface area contributed by atoms with Gasteiger partial charge in [-0.2, -0.15) is 10.2 Å². The summed E-state index contributed by atoms with van der Waals surface area (Å²) in [5.74, 6) is 0.922. The van der Waals surface area contributed by atoms with Crippen molar-refractivity contribution in [3.8, 4) is 16.9 Å². The van der Waals surface area contributed by atoms with E-state index in [-0.39, 0.29) is 5.54 Å². The third kappa shape index (κ3) is 3.54. The van der Waals surface area contributed by atoms with E-state index >= 15 is 0 Å². The number of hydrogen-bond donors (Lipinski definition) is 2. The highest BCUT2D eigenvalue weighted by molar-refractivity contribution is 5.97. The Labute approximate surface area is 175 Å². The van der Waals surface area contributed by atoms with E-state index in [9.17, 15) is 0 Å². The number of nitrogens with one attached hydrogen (secondary N) is 2. The molecule has 0 amide bonds. The van der Waals surface area contributed by atoms with E-state index in [1.165, 1.54) is 0 Å². The molecule has 1 fully saturated rings. The Bertz CT molecular complexity index is 1140. The van der Waals surface area contributed by atoms with Gasteiger partial charge >= 0.3 is 0 Å². The first-order chi connectivity index (χ1) is 14.5. The summed E-state index contributed by atoms with van der Waals surface area (Å²) in [6.07, 6.45) is 6.63. The number of benzene rings is 1. The van der Waals surface area contributed by atoms with Crippen LogP contribution < -0.4 is 10.2 Å². The van der Waals surface area contributed by atoms with Gasteiger partial charge in [-0.25, -0.2) is 4.68 Å². The average Bonchev–Trinajstić information content (AvgIpc) is 3.47.